The van der Waals surface area contributed by atoms with Crippen molar-refractivity contribution < 1.29 is 24.2 Å². The average Bonchev–Trinajstić information content (AvgIpc) is 3.48. The zero-order valence-corrected chi connectivity index (χ0v) is 20.0. The van der Waals surface area contributed by atoms with Gasteiger partial charge in [0.05, 0.1) is 24.5 Å². The number of likely N-dealkylation sites (tertiary alicyclic amines) is 1. The number of nitrogens with zero attached hydrogens (tertiary/aromatic N) is 1. The van der Waals surface area contributed by atoms with Crippen molar-refractivity contribution >= 4 is 23.4 Å². The number of aliphatic hydroxyl groups is 1. The number of ether oxygens (including phenoxy) is 1. The molecule has 3 amide bonds. The van der Waals surface area contributed by atoms with Gasteiger partial charge in [-0.2, -0.15) is 0 Å². The van der Waals surface area contributed by atoms with Crippen molar-refractivity contribution in [1.82, 2.24) is 10.2 Å². The number of hydrogen-bond acceptors (Lipinski definition) is 5. The number of amides is 3. The second-order valence-corrected chi connectivity index (χ2v) is 9.82. The molecule has 35 heavy (non-hydrogen) atoms. The minimum Gasteiger partial charge on any atom is -0.395 e. The van der Waals surface area contributed by atoms with Crippen molar-refractivity contribution in [2.24, 2.45) is 11.8 Å². The summed E-state index contributed by atoms with van der Waals surface area (Å²) in [6, 6.07) is 14.5. The largest absolute Gasteiger partial charge is 0.395 e. The number of hydrogen-bond donors (Lipinski definition) is 3. The molecule has 184 valence electrons. The number of nitrogens with one attached hydrogen (secondary N) is 2. The average molecular weight is 478 g/mol. The van der Waals surface area contributed by atoms with E-state index in [0.29, 0.717) is 25.1 Å². The highest BCUT2D eigenvalue weighted by atomic mass is 16.5. The van der Waals surface area contributed by atoms with Gasteiger partial charge in [0.1, 0.15) is 11.6 Å². The molecule has 2 aromatic rings. The maximum absolute atomic E-state index is 13.7. The zero-order valence-electron chi connectivity index (χ0n) is 20.0. The second-order valence-electron chi connectivity index (χ2n) is 9.82. The van der Waals surface area contributed by atoms with Gasteiger partial charge in [-0.25, -0.2) is 0 Å². The summed E-state index contributed by atoms with van der Waals surface area (Å²) in [4.78, 5) is 42.0. The summed E-state index contributed by atoms with van der Waals surface area (Å²) in [5.41, 5.74) is 2.48. The smallest absolute Gasteiger partial charge is 0.250 e. The molecule has 3 fully saturated rings. The van der Waals surface area contributed by atoms with Crippen LogP contribution in [0.15, 0.2) is 48.5 Å². The Morgan fingerprint density at radius 3 is 2.66 bits per heavy atom. The molecule has 0 radical (unpaired) electrons. The number of aliphatic hydroxyl groups excluding tert-OH is 1. The van der Waals surface area contributed by atoms with Crippen molar-refractivity contribution in [1.29, 1.82) is 0 Å². The number of fused-ring (bicyclic) bond motifs is 1. The molecule has 3 N–H and O–H groups in total. The molecule has 2 unspecified atom stereocenters. The summed E-state index contributed by atoms with van der Waals surface area (Å²) in [5, 5.41) is 15.6. The van der Waals surface area contributed by atoms with Gasteiger partial charge >= 0.3 is 0 Å². The van der Waals surface area contributed by atoms with Crippen molar-refractivity contribution in [3.63, 3.8) is 0 Å². The Hall–Kier alpha value is -3.23. The summed E-state index contributed by atoms with van der Waals surface area (Å²) < 4.78 is 6.38. The van der Waals surface area contributed by atoms with Gasteiger partial charge < -0.3 is 25.4 Å². The molecule has 1 spiro atoms. The van der Waals surface area contributed by atoms with Crippen molar-refractivity contribution in [3.05, 3.63) is 65.2 Å². The first kappa shape index (κ1) is 23.5. The van der Waals surface area contributed by atoms with Gasteiger partial charge in [-0.15, -0.1) is 0 Å². The Kier molecular flexibility index (Phi) is 6.11. The fourth-order valence-corrected chi connectivity index (χ4v) is 6.08. The van der Waals surface area contributed by atoms with E-state index in [9.17, 15) is 19.5 Å². The third-order valence-corrected chi connectivity index (χ3v) is 7.65. The Balaban J connectivity index is 1.42. The van der Waals surface area contributed by atoms with Gasteiger partial charge in [0, 0.05) is 18.8 Å². The maximum Gasteiger partial charge on any atom is 0.250 e. The SMILES string of the molecule is Cc1ccc(C)c(NC(=O)C2N(CCO)C(=O)[C@@H]3[C@H](C(=O)NCc4ccccc4)[C@@H]4CCC23O4)c1. The summed E-state index contributed by atoms with van der Waals surface area (Å²) in [6.07, 6.45) is 0.712. The summed E-state index contributed by atoms with van der Waals surface area (Å²) in [6.45, 7) is 3.94. The molecule has 0 saturated carbocycles. The van der Waals surface area contributed by atoms with Crippen LogP contribution in [0.5, 0.6) is 0 Å². The van der Waals surface area contributed by atoms with E-state index in [0.717, 1.165) is 16.7 Å². The van der Waals surface area contributed by atoms with Crippen LogP contribution in [0.4, 0.5) is 5.69 Å². The number of β-amino-alcohol motifs (C(OH)–C–C–N with tert-alkyl or cyclic N) is 1. The predicted molar refractivity (Wildman–Crippen MR) is 129 cm³/mol. The van der Waals surface area contributed by atoms with E-state index in [-0.39, 0.29) is 30.9 Å². The molecule has 5 atom stereocenters. The maximum atomic E-state index is 13.7. The zero-order chi connectivity index (χ0) is 24.7. The quantitative estimate of drug-likeness (QED) is 0.565. The van der Waals surface area contributed by atoms with E-state index in [2.05, 4.69) is 10.6 Å². The fraction of sp³-hybridized carbons (Fsp3) is 0.444. The van der Waals surface area contributed by atoms with E-state index >= 15 is 0 Å². The first-order valence-electron chi connectivity index (χ1n) is 12.1. The number of aryl methyl sites for hydroxylation is 2. The van der Waals surface area contributed by atoms with Crippen molar-refractivity contribution in [2.75, 3.05) is 18.5 Å². The van der Waals surface area contributed by atoms with E-state index in [4.69, 9.17) is 4.74 Å². The Labute approximate surface area is 204 Å². The van der Waals surface area contributed by atoms with E-state index in [1.54, 1.807) is 0 Å². The Morgan fingerprint density at radius 2 is 1.91 bits per heavy atom. The number of carbonyl (C=O) groups is 3. The monoisotopic (exact) mass is 477 g/mol. The van der Waals surface area contributed by atoms with Gasteiger partial charge in [0.15, 0.2) is 0 Å². The van der Waals surface area contributed by atoms with E-state index < -0.39 is 29.6 Å². The summed E-state index contributed by atoms with van der Waals surface area (Å²) >= 11 is 0. The lowest BCUT2D eigenvalue weighted by molar-refractivity contribution is -0.141. The molecule has 3 aliphatic heterocycles. The van der Waals surface area contributed by atoms with Crippen LogP contribution in [-0.2, 0) is 25.7 Å². The highest BCUT2D eigenvalue weighted by Gasteiger charge is 2.74. The van der Waals surface area contributed by atoms with Gasteiger partial charge in [-0.3, -0.25) is 14.4 Å². The molecule has 2 bridgehead atoms. The Morgan fingerprint density at radius 1 is 1.14 bits per heavy atom. The first-order chi connectivity index (χ1) is 16.9. The van der Waals surface area contributed by atoms with Crippen LogP contribution in [0.3, 0.4) is 0 Å². The molecule has 3 heterocycles. The molecular formula is C27H31N3O5. The van der Waals surface area contributed by atoms with Gasteiger partial charge in [-0.05, 0) is 49.4 Å². The van der Waals surface area contributed by atoms with Crippen molar-refractivity contribution in [3.8, 4) is 0 Å². The molecule has 8 nitrogen and oxygen atoms in total. The predicted octanol–water partition coefficient (Wildman–Crippen LogP) is 1.93. The molecule has 8 heteroatoms. The highest BCUT2D eigenvalue weighted by Crippen LogP contribution is 2.58. The lowest BCUT2D eigenvalue weighted by Crippen LogP contribution is -2.53. The lowest BCUT2D eigenvalue weighted by Gasteiger charge is -2.33. The van der Waals surface area contributed by atoms with Crippen LogP contribution >= 0.6 is 0 Å². The fourth-order valence-electron chi connectivity index (χ4n) is 6.08. The van der Waals surface area contributed by atoms with E-state index in [1.165, 1.54) is 4.90 Å². The van der Waals surface area contributed by atoms with Crippen LogP contribution in [-0.4, -0.2) is 58.6 Å². The van der Waals surface area contributed by atoms with Crippen LogP contribution in [0.25, 0.3) is 0 Å². The lowest BCUT2D eigenvalue weighted by atomic mass is 9.70. The Bertz CT molecular complexity index is 1150. The van der Waals surface area contributed by atoms with Crippen molar-refractivity contribution in [2.45, 2.75) is 51.0 Å². The minimum absolute atomic E-state index is 0.00828. The van der Waals surface area contributed by atoms with Gasteiger partial charge in [0.25, 0.3) is 0 Å². The van der Waals surface area contributed by atoms with Gasteiger partial charge in [0.2, 0.25) is 17.7 Å². The first-order valence-corrected chi connectivity index (χ1v) is 12.1. The second kappa shape index (κ2) is 9.09. The molecule has 5 rings (SSSR count). The highest BCUT2D eigenvalue weighted by molar-refractivity contribution is 6.03. The number of benzene rings is 2. The minimum atomic E-state index is -1.08. The van der Waals surface area contributed by atoms with Crippen LogP contribution in [0.1, 0.15) is 29.5 Å². The standard InChI is InChI=1S/C27H31N3O5/c1-16-8-9-17(2)19(14-16)29-25(33)23-27-11-10-20(35-27)21(22(27)26(34)30(23)12-13-31)24(32)28-15-18-6-4-3-5-7-18/h3-9,14,20-23,31H,10-13,15H2,1-2H3,(H,28,32)(H,29,33)/t20-,21+,22-,23?,27?/m0/s1. The third-order valence-electron chi connectivity index (χ3n) is 7.65. The molecule has 3 saturated heterocycles. The van der Waals surface area contributed by atoms with Crippen LogP contribution in [0, 0.1) is 25.7 Å². The van der Waals surface area contributed by atoms with Crippen LogP contribution in [0.2, 0.25) is 0 Å². The molecular weight excluding hydrogens is 446 g/mol. The summed E-state index contributed by atoms with van der Waals surface area (Å²) in [7, 11) is 0. The third kappa shape index (κ3) is 3.90. The molecule has 0 aromatic heterocycles. The summed E-state index contributed by atoms with van der Waals surface area (Å²) in [5.74, 6) is -2.31. The number of rotatable bonds is 7. The number of anilines is 1. The van der Waals surface area contributed by atoms with E-state index in [1.807, 2.05) is 62.4 Å². The van der Waals surface area contributed by atoms with Crippen LogP contribution < -0.4 is 10.6 Å². The topological polar surface area (TPSA) is 108 Å². The van der Waals surface area contributed by atoms with Gasteiger partial charge in [-0.1, -0.05) is 42.5 Å². The molecule has 3 aliphatic rings. The normalized spacial score (nSPS) is 28.8. The number of carbonyl (C=O) groups excluding carboxylic acids is 3. The molecule has 2 aromatic carbocycles. The molecule has 0 aliphatic carbocycles.